The molecule has 0 radical (unpaired) electrons. The summed E-state index contributed by atoms with van der Waals surface area (Å²) in [7, 11) is 0. The zero-order valence-electron chi connectivity index (χ0n) is 13.4. The molecule has 2 atom stereocenters. The number of halogens is 3. The summed E-state index contributed by atoms with van der Waals surface area (Å²) in [6, 6.07) is 14.9. The molecular formula is C19H18F3NO2. The second kappa shape index (κ2) is 7.17. The lowest BCUT2D eigenvalue weighted by Gasteiger charge is -2.13. The average Bonchev–Trinajstić information content (AvgIpc) is 3.38. The zero-order valence-corrected chi connectivity index (χ0v) is 13.4. The lowest BCUT2D eigenvalue weighted by atomic mass is 10.1. The fourth-order valence-corrected chi connectivity index (χ4v) is 2.85. The van der Waals surface area contributed by atoms with Crippen molar-refractivity contribution in [2.45, 2.75) is 18.5 Å². The van der Waals surface area contributed by atoms with Crippen LogP contribution < -0.4 is 10.1 Å². The Hall–Kier alpha value is -2.50. The number of rotatable bonds is 6. The van der Waals surface area contributed by atoms with Gasteiger partial charge in [-0.1, -0.05) is 42.5 Å². The summed E-state index contributed by atoms with van der Waals surface area (Å²) >= 11 is 0. The molecule has 0 spiro atoms. The first-order valence-corrected chi connectivity index (χ1v) is 8.06. The zero-order chi connectivity index (χ0) is 17.9. The third-order valence-electron chi connectivity index (χ3n) is 4.26. The van der Waals surface area contributed by atoms with Crippen LogP contribution >= 0.6 is 0 Å². The molecule has 1 saturated carbocycles. The Morgan fingerprint density at radius 3 is 2.48 bits per heavy atom. The Balaban J connectivity index is 1.46. The van der Waals surface area contributed by atoms with E-state index in [1.165, 1.54) is 23.8 Å². The minimum absolute atomic E-state index is 0.335. The van der Waals surface area contributed by atoms with Crippen molar-refractivity contribution in [2.75, 3.05) is 13.2 Å². The molecule has 2 aromatic rings. The van der Waals surface area contributed by atoms with Crippen molar-refractivity contribution in [1.29, 1.82) is 0 Å². The van der Waals surface area contributed by atoms with Crippen LogP contribution in [0.15, 0.2) is 54.6 Å². The Kier molecular flexibility index (Phi) is 4.97. The first-order valence-electron chi connectivity index (χ1n) is 8.06. The van der Waals surface area contributed by atoms with Gasteiger partial charge in [-0.25, -0.2) is 0 Å². The SMILES string of the molecule is O=C(COc1ccccc1C(F)(F)F)NCC1CC1c1ccccc1. The van der Waals surface area contributed by atoms with Gasteiger partial charge in [-0.15, -0.1) is 0 Å². The number of carbonyl (C=O) groups is 1. The van der Waals surface area contributed by atoms with Gasteiger partial charge in [0.2, 0.25) is 0 Å². The van der Waals surface area contributed by atoms with Crippen molar-refractivity contribution >= 4 is 5.91 Å². The number of hydrogen-bond donors (Lipinski definition) is 1. The molecule has 0 saturated heterocycles. The number of amides is 1. The van der Waals surface area contributed by atoms with Crippen LogP contribution in [0.4, 0.5) is 13.2 Å². The van der Waals surface area contributed by atoms with Gasteiger partial charge < -0.3 is 10.1 Å². The third-order valence-corrected chi connectivity index (χ3v) is 4.26. The number of carbonyl (C=O) groups excluding carboxylic acids is 1. The van der Waals surface area contributed by atoms with E-state index < -0.39 is 24.3 Å². The van der Waals surface area contributed by atoms with Gasteiger partial charge in [0, 0.05) is 6.54 Å². The highest BCUT2D eigenvalue weighted by molar-refractivity contribution is 5.77. The van der Waals surface area contributed by atoms with Crippen LogP contribution in [0.1, 0.15) is 23.5 Å². The van der Waals surface area contributed by atoms with Gasteiger partial charge in [-0.3, -0.25) is 4.79 Å². The summed E-state index contributed by atoms with van der Waals surface area (Å²) in [6.45, 7) is 0.0679. The minimum Gasteiger partial charge on any atom is -0.483 e. The normalized spacial score (nSPS) is 19.3. The maximum Gasteiger partial charge on any atom is 0.419 e. The fraction of sp³-hybridized carbons (Fsp3) is 0.316. The molecule has 3 nitrogen and oxygen atoms in total. The van der Waals surface area contributed by atoms with E-state index in [2.05, 4.69) is 17.4 Å². The van der Waals surface area contributed by atoms with E-state index in [9.17, 15) is 18.0 Å². The highest BCUT2D eigenvalue weighted by Crippen LogP contribution is 2.46. The van der Waals surface area contributed by atoms with Gasteiger partial charge >= 0.3 is 6.18 Å². The fourth-order valence-electron chi connectivity index (χ4n) is 2.85. The standard InChI is InChI=1S/C19H18F3NO2/c20-19(21,22)16-8-4-5-9-17(16)25-12-18(24)23-11-14-10-15(14)13-6-2-1-3-7-13/h1-9,14-15H,10-12H2,(H,23,24). The molecule has 2 unspecified atom stereocenters. The number of hydrogen-bond acceptors (Lipinski definition) is 2. The molecule has 2 aromatic carbocycles. The molecule has 0 heterocycles. The van der Waals surface area contributed by atoms with E-state index >= 15 is 0 Å². The van der Waals surface area contributed by atoms with Crippen molar-refractivity contribution in [2.24, 2.45) is 5.92 Å². The molecule has 0 aliphatic heterocycles. The predicted octanol–water partition coefficient (Wildman–Crippen LogP) is 4.00. The monoisotopic (exact) mass is 349 g/mol. The van der Waals surface area contributed by atoms with Crippen molar-refractivity contribution in [1.82, 2.24) is 5.32 Å². The lowest BCUT2D eigenvalue weighted by Crippen LogP contribution is -2.31. The summed E-state index contributed by atoms with van der Waals surface area (Å²) in [6.07, 6.45) is -3.51. The third kappa shape index (κ3) is 4.53. The van der Waals surface area contributed by atoms with Crippen molar-refractivity contribution in [3.63, 3.8) is 0 Å². The molecule has 6 heteroatoms. The number of para-hydroxylation sites is 1. The van der Waals surface area contributed by atoms with E-state index in [1.807, 2.05) is 18.2 Å². The number of ether oxygens (including phenoxy) is 1. The summed E-state index contributed by atoms with van der Waals surface area (Å²) in [5.74, 6) is 0.0524. The Labute approximate surface area is 143 Å². The van der Waals surface area contributed by atoms with Gasteiger partial charge in [0.25, 0.3) is 5.91 Å². The first-order chi connectivity index (χ1) is 11.9. The van der Waals surface area contributed by atoms with Crippen LogP contribution in [0, 0.1) is 5.92 Å². The van der Waals surface area contributed by atoms with Gasteiger partial charge in [-0.2, -0.15) is 13.2 Å². The molecule has 1 N–H and O–H groups in total. The summed E-state index contributed by atoms with van der Waals surface area (Å²) in [4.78, 5) is 11.8. The molecule has 3 rings (SSSR count). The van der Waals surface area contributed by atoms with Crippen LogP contribution in [-0.4, -0.2) is 19.1 Å². The van der Waals surface area contributed by atoms with E-state index in [1.54, 1.807) is 0 Å². The molecule has 25 heavy (non-hydrogen) atoms. The van der Waals surface area contributed by atoms with Crippen LogP contribution in [-0.2, 0) is 11.0 Å². The van der Waals surface area contributed by atoms with E-state index in [0.29, 0.717) is 18.4 Å². The van der Waals surface area contributed by atoms with Crippen LogP contribution in [0.3, 0.4) is 0 Å². The van der Waals surface area contributed by atoms with Gasteiger partial charge in [0.05, 0.1) is 5.56 Å². The molecule has 1 fully saturated rings. The maximum atomic E-state index is 12.9. The van der Waals surface area contributed by atoms with Crippen LogP contribution in [0.2, 0.25) is 0 Å². The maximum absolute atomic E-state index is 12.9. The Morgan fingerprint density at radius 1 is 1.08 bits per heavy atom. The molecular weight excluding hydrogens is 331 g/mol. The number of nitrogens with one attached hydrogen (secondary N) is 1. The molecule has 1 aliphatic carbocycles. The summed E-state index contributed by atoms with van der Waals surface area (Å²) in [5, 5.41) is 2.73. The quantitative estimate of drug-likeness (QED) is 0.856. The predicted molar refractivity (Wildman–Crippen MR) is 87.2 cm³/mol. The molecule has 132 valence electrons. The van der Waals surface area contributed by atoms with E-state index in [0.717, 1.165) is 12.5 Å². The van der Waals surface area contributed by atoms with Gasteiger partial charge in [-0.05, 0) is 36.0 Å². The molecule has 0 bridgehead atoms. The highest BCUT2D eigenvalue weighted by Gasteiger charge is 2.38. The molecule has 1 aliphatic rings. The van der Waals surface area contributed by atoms with Crippen LogP contribution in [0.25, 0.3) is 0 Å². The van der Waals surface area contributed by atoms with Crippen molar-refractivity contribution in [3.8, 4) is 5.75 Å². The number of benzene rings is 2. The average molecular weight is 349 g/mol. The molecule has 1 amide bonds. The topological polar surface area (TPSA) is 38.3 Å². The second-order valence-corrected chi connectivity index (χ2v) is 6.10. The number of alkyl halides is 3. The van der Waals surface area contributed by atoms with E-state index in [4.69, 9.17) is 4.74 Å². The Bertz CT molecular complexity index is 731. The molecule has 0 aromatic heterocycles. The van der Waals surface area contributed by atoms with E-state index in [-0.39, 0.29) is 5.75 Å². The van der Waals surface area contributed by atoms with Crippen LogP contribution in [0.5, 0.6) is 5.75 Å². The minimum atomic E-state index is -4.51. The Morgan fingerprint density at radius 2 is 1.76 bits per heavy atom. The lowest BCUT2D eigenvalue weighted by molar-refractivity contribution is -0.139. The van der Waals surface area contributed by atoms with Gasteiger partial charge in [0.1, 0.15) is 5.75 Å². The summed E-state index contributed by atoms with van der Waals surface area (Å²) in [5.41, 5.74) is 0.367. The first kappa shape index (κ1) is 17.3. The van der Waals surface area contributed by atoms with Crippen molar-refractivity contribution < 1.29 is 22.7 Å². The smallest absolute Gasteiger partial charge is 0.419 e. The largest absolute Gasteiger partial charge is 0.483 e. The van der Waals surface area contributed by atoms with Crippen molar-refractivity contribution in [3.05, 3.63) is 65.7 Å². The van der Waals surface area contributed by atoms with Gasteiger partial charge in [0.15, 0.2) is 6.61 Å². The summed E-state index contributed by atoms with van der Waals surface area (Å²) < 4.78 is 43.6. The highest BCUT2D eigenvalue weighted by atomic mass is 19.4. The second-order valence-electron chi connectivity index (χ2n) is 6.10.